The molecule has 0 saturated heterocycles. The Hall–Kier alpha value is -1.39. The Morgan fingerprint density at radius 2 is 2.12 bits per heavy atom. The summed E-state index contributed by atoms with van der Waals surface area (Å²) in [6, 6.07) is 0. The van der Waals surface area contributed by atoms with Gasteiger partial charge in [-0.25, -0.2) is 4.98 Å². The SMILES string of the molecule is Cc1nc(C(=O)NCC(C)C(C)(C)C)n[nH]1. The molecule has 16 heavy (non-hydrogen) atoms. The van der Waals surface area contributed by atoms with Crippen molar-refractivity contribution in [2.24, 2.45) is 11.3 Å². The van der Waals surface area contributed by atoms with E-state index < -0.39 is 0 Å². The molecule has 1 rings (SSSR count). The van der Waals surface area contributed by atoms with Crippen LogP contribution in [-0.2, 0) is 0 Å². The molecule has 1 aromatic rings. The first-order valence-electron chi connectivity index (χ1n) is 5.48. The Kier molecular flexibility index (Phi) is 3.67. The second-order valence-corrected chi connectivity index (χ2v) is 5.22. The first kappa shape index (κ1) is 12.7. The van der Waals surface area contributed by atoms with E-state index in [4.69, 9.17) is 0 Å². The number of nitrogens with one attached hydrogen (secondary N) is 2. The van der Waals surface area contributed by atoms with Gasteiger partial charge in [0.1, 0.15) is 5.82 Å². The minimum Gasteiger partial charge on any atom is -0.349 e. The second kappa shape index (κ2) is 4.63. The van der Waals surface area contributed by atoms with Gasteiger partial charge < -0.3 is 5.32 Å². The molecule has 0 fully saturated rings. The van der Waals surface area contributed by atoms with Crippen molar-refractivity contribution in [2.45, 2.75) is 34.6 Å². The normalized spacial score (nSPS) is 13.6. The van der Waals surface area contributed by atoms with Gasteiger partial charge in [-0.1, -0.05) is 27.7 Å². The van der Waals surface area contributed by atoms with Gasteiger partial charge in [0.2, 0.25) is 5.82 Å². The van der Waals surface area contributed by atoms with Gasteiger partial charge in [0.15, 0.2) is 0 Å². The number of aromatic amines is 1. The van der Waals surface area contributed by atoms with Crippen molar-refractivity contribution >= 4 is 5.91 Å². The third-order valence-electron chi connectivity index (χ3n) is 2.85. The van der Waals surface area contributed by atoms with E-state index in [9.17, 15) is 4.79 Å². The van der Waals surface area contributed by atoms with E-state index in [1.807, 2.05) is 0 Å². The van der Waals surface area contributed by atoms with Crippen LogP contribution in [0, 0.1) is 18.3 Å². The summed E-state index contributed by atoms with van der Waals surface area (Å²) in [6.45, 7) is 11.0. The van der Waals surface area contributed by atoms with E-state index in [1.54, 1.807) is 6.92 Å². The Morgan fingerprint density at radius 1 is 1.50 bits per heavy atom. The van der Waals surface area contributed by atoms with Gasteiger partial charge >= 0.3 is 0 Å². The molecule has 0 aliphatic heterocycles. The molecule has 0 aliphatic rings. The molecular weight excluding hydrogens is 204 g/mol. The molecule has 0 bridgehead atoms. The number of H-pyrrole nitrogens is 1. The van der Waals surface area contributed by atoms with Crippen molar-refractivity contribution in [1.29, 1.82) is 0 Å². The quantitative estimate of drug-likeness (QED) is 0.817. The molecule has 1 heterocycles. The van der Waals surface area contributed by atoms with Crippen LogP contribution in [-0.4, -0.2) is 27.6 Å². The first-order valence-corrected chi connectivity index (χ1v) is 5.48. The van der Waals surface area contributed by atoms with E-state index in [-0.39, 0.29) is 17.1 Å². The lowest BCUT2D eigenvalue weighted by molar-refractivity contribution is 0.0927. The van der Waals surface area contributed by atoms with Gasteiger partial charge in [-0.15, -0.1) is 5.10 Å². The number of hydrogen-bond donors (Lipinski definition) is 2. The van der Waals surface area contributed by atoms with E-state index in [2.05, 4.69) is 48.2 Å². The minimum atomic E-state index is -0.222. The zero-order valence-corrected chi connectivity index (χ0v) is 10.6. The molecule has 5 nitrogen and oxygen atoms in total. The molecule has 1 amide bonds. The highest BCUT2D eigenvalue weighted by Gasteiger charge is 2.21. The highest BCUT2D eigenvalue weighted by atomic mass is 16.2. The molecule has 1 aromatic heterocycles. The summed E-state index contributed by atoms with van der Waals surface area (Å²) in [6.07, 6.45) is 0. The minimum absolute atomic E-state index is 0.183. The molecule has 90 valence electrons. The van der Waals surface area contributed by atoms with Crippen LogP contribution < -0.4 is 5.32 Å². The fourth-order valence-corrected chi connectivity index (χ4v) is 1.08. The van der Waals surface area contributed by atoms with E-state index in [1.165, 1.54) is 0 Å². The Labute approximate surface area is 96.0 Å². The maximum absolute atomic E-state index is 11.6. The first-order chi connectivity index (χ1) is 7.30. The predicted molar refractivity (Wildman–Crippen MR) is 62.1 cm³/mol. The summed E-state index contributed by atoms with van der Waals surface area (Å²) >= 11 is 0. The summed E-state index contributed by atoms with van der Waals surface area (Å²) in [5.74, 6) is 1.03. The average Bonchev–Trinajstić information content (AvgIpc) is 2.59. The molecule has 0 radical (unpaired) electrons. The Bertz CT molecular complexity index is 364. The van der Waals surface area contributed by atoms with Gasteiger partial charge in [0.05, 0.1) is 0 Å². The number of carbonyl (C=O) groups excluding carboxylic acids is 1. The van der Waals surface area contributed by atoms with Crippen LogP contribution in [0.2, 0.25) is 0 Å². The molecular formula is C11H20N4O. The number of aryl methyl sites for hydroxylation is 1. The van der Waals surface area contributed by atoms with Gasteiger partial charge in [-0.2, -0.15) is 0 Å². The maximum Gasteiger partial charge on any atom is 0.290 e. The smallest absolute Gasteiger partial charge is 0.290 e. The largest absolute Gasteiger partial charge is 0.349 e. The van der Waals surface area contributed by atoms with Crippen molar-refractivity contribution in [2.75, 3.05) is 6.54 Å². The molecule has 1 atom stereocenters. The summed E-state index contributed by atoms with van der Waals surface area (Å²) in [4.78, 5) is 15.6. The summed E-state index contributed by atoms with van der Waals surface area (Å²) in [7, 11) is 0. The van der Waals surface area contributed by atoms with E-state index in [0.717, 1.165) is 0 Å². The summed E-state index contributed by atoms with van der Waals surface area (Å²) in [5.41, 5.74) is 0.183. The van der Waals surface area contributed by atoms with Crippen molar-refractivity contribution in [3.8, 4) is 0 Å². The third-order valence-corrected chi connectivity index (χ3v) is 2.85. The highest BCUT2D eigenvalue weighted by Crippen LogP contribution is 2.24. The number of rotatable bonds is 3. The molecule has 2 N–H and O–H groups in total. The predicted octanol–water partition coefficient (Wildman–Crippen LogP) is 1.53. The molecule has 1 unspecified atom stereocenters. The maximum atomic E-state index is 11.6. The second-order valence-electron chi connectivity index (χ2n) is 5.22. The van der Waals surface area contributed by atoms with Gasteiger partial charge in [-0.3, -0.25) is 9.89 Å². The molecule has 0 aromatic carbocycles. The molecule has 0 saturated carbocycles. The number of amides is 1. The number of carbonyl (C=O) groups is 1. The number of aromatic nitrogens is 3. The molecule has 0 spiro atoms. The van der Waals surface area contributed by atoms with Crippen molar-refractivity contribution in [3.63, 3.8) is 0 Å². The fraction of sp³-hybridized carbons (Fsp3) is 0.727. The summed E-state index contributed by atoms with van der Waals surface area (Å²) < 4.78 is 0. The van der Waals surface area contributed by atoms with Crippen molar-refractivity contribution < 1.29 is 4.79 Å². The fourth-order valence-electron chi connectivity index (χ4n) is 1.08. The van der Waals surface area contributed by atoms with E-state index in [0.29, 0.717) is 18.3 Å². The van der Waals surface area contributed by atoms with Crippen molar-refractivity contribution in [1.82, 2.24) is 20.5 Å². The monoisotopic (exact) mass is 224 g/mol. The van der Waals surface area contributed by atoms with Gasteiger partial charge in [0.25, 0.3) is 5.91 Å². The van der Waals surface area contributed by atoms with Crippen LogP contribution in [0.15, 0.2) is 0 Å². The van der Waals surface area contributed by atoms with Gasteiger partial charge in [0, 0.05) is 6.54 Å². The standard InChI is InChI=1S/C11H20N4O/c1-7(11(3,4)5)6-12-10(16)9-13-8(2)14-15-9/h7H,6H2,1-5H3,(H,12,16)(H,13,14,15). The van der Waals surface area contributed by atoms with Crippen LogP contribution in [0.25, 0.3) is 0 Å². The van der Waals surface area contributed by atoms with Crippen LogP contribution in [0.1, 0.15) is 44.1 Å². The van der Waals surface area contributed by atoms with Crippen LogP contribution in [0.4, 0.5) is 0 Å². The Morgan fingerprint density at radius 3 is 2.56 bits per heavy atom. The zero-order chi connectivity index (χ0) is 12.3. The Balaban J connectivity index is 2.48. The lowest BCUT2D eigenvalue weighted by Gasteiger charge is -2.27. The van der Waals surface area contributed by atoms with Gasteiger partial charge in [-0.05, 0) is 18.3 Å². The molecule has 0 aliphatic carbocycles. The van der Waals surface area contributed by atoms with Crippen LogP contribution >= 0.6 is 0 Å². The average molecular weight is 224 g/mol. The lowest BCUT2D eigenvalue weighted by Crippen LogP contribution is -2.34. The topological polar surface area (TPSA) is 70.7 Å². The number of hydrogen-bond acceptors (Lipinski definition) is 3. The zero-order valence-electron chi connectivity index (χ0n) is 10.6. The lowest BCUT2D eigenvalue weighted by atomic mass is 9.82. The number of nitrogens with zero attached hydrogens (tertiary/aromatic N) is 2. The van der Waals surface area contributed by atoms with E-state index >= 15 is 0 Å². The van der Waals surface area contributed by atoms with Crippen LogP contribution in [0.5, 0.6) is 0 Å². The third kappa shape index (κ3) is 3.32. The summed E-state index contributed by atoms with van der Waals surface area (Å²) in [5, 5.41) is 9.29. The van der Waals surface area contributed by atoms with Crippen LogP contribution in [0.3, 0.4) is 0 Å². The van der Waals surface area contributed by atoms with Crippen molar-refractivity contribution in [3.05, 3.63) is 11.6 Å². The highest BCUT2D eigenvalue weighted by molar-refractivity contribution is 5.90. The molecule has 5 heteroatoms.